The summed E-state index contributed by atoms with van der Waals surface area (Å²) in [5.41, 5.74) is 3.47. The molecule has 0 unspecified atom stereocenters. The van der Waals surface area contributed by atoms with Crippen molar-refractivity contribution < 1.29 is 4.79 Å². The van der Waals surface area contributed by atoms with E-state index < -0.39 is 0 Å². The first-order chi connectivity index (χ1) is 17.8. The molecule has 1 fully saturated rings. The molecule has 1 amide bonds. The molecule has 6 rings (SSSR count). The van der Waals surface area contributed by atoms with E-state index in [1.807, 2.05) is 126 Å². The molecule has 0 atom stereocenters. The van der Waals surface area contributed by atoms with Crippen LogP contribution < -0.4 is 9.91 Å². The van der Waals surface area contributed by atoms with Crippen molar-refractivity contribution in [3.63, 3.8) is 0 Å². The average molecular weight is 505 g/mol. The summed E-state index contributed by atoms with van der Waals surface area (Å²) in [6.07, 6.45) is 0. The zero-order valence-electron chi connectivity index (χ0n) is 19.1. The number of anilines is 2. The van der Waals surface area contributed by atoms with Gasteiger partial charge in [-0.3, -0.25) is 9.69 Å². The van der Waals surface area contributed by atoms with Gasteiger partial charge in [0.05, 0.1) is 17.1 Å². The lowest BCUT2D eigenvalue weighted by Crippen LogP contribution is -2.29. The van der Waals surface area contributed by atoms with E-state index in [-0.39, 0.29) is 5.91 Å². The Bertz CT molecular complexity index is 1490. The summed E-state index contributed by atoms with van der Waals surface area (Å²) in [4.78, 5) is 21.1. The second-order valence-corrected chi connectivity index (χ2v) is 9.92. The van der Waals surface area contributed by atoms with Crippen LogP contribution in [-0.2, 0) is 4.79 Å². The Morgan fingerprint density at radius 3 is 1.83 bits per heavy atom. The third kappa shape index (κ3) is 4.34. The minimum Gasteiger partial charge on any atom is -0.267 e. The molecule has 7 heteroatoms. The highest BCUT2D eigenvalue weighted by molar-refractivity contribution is 8.22. The number of amidine groups is 1. The van der Waals surface area contributed by atoms with Gasteiger partial charge in [0.15, 0.2) is 5.17 Å². The molecule has 0 aromatic heterocycles. The smallest absolute Gasteiger partial charge is 0.267 e. The number of amides is 1. The van der Waals surface area contributed by atoms with Crippen molar-refractivity contribution >= 4 is 56.7 Å². The highest BCUT2D eigenvalue weighted by atomic mass is 32.2. The Kier molecular flexibility index (Phi) is 6.15. The number of nitrogens with zero attached hydrogens (tertiary/aromatic N) is 4. The topological polar surface area (TPSA) is 48.3 Å². The number of para-hydroxylation sites is 3. The second-order valence-electron chi connectivity index (χ2n) is 7.96. The molecule has 2 aliphatic rings. The summed E-state index contributed by atoms with van der Waals surface area (Å²) in [6.45, 7) is 0. The maximum absolute atomic E-state index is 14.0. The lowest BCUT2D eigenvalue weighted by molar-refractivity contribution is -0.113. The van der Waals surface area contributed by atoms with Gasteiger partial charge in [0.1, 0.15) is 15.0 Å². The van der Waals surface area contributed by atoms with Crippen LogP contribution in [0.15, 0.2) is 141 Å². The Morgan fingerprint density at radius 2 is 1.19 bits per heavy atom. The van der Waals surface area contributed by atoms with Crippen LogP contribution in [-0.4, -0.2) is 16.1 Å². The number of hydrazone groups is 1. The van der Waals surface area contributed by atoms with Crippen LogP contribution in [0.5, 0.6) is 0 Å². The minimum absolute atomic E-state index is 0.117. The van der Waals surface area contributed by atoms with Crippen LogP contribution in [0.25, 0.3) is 0 Å². The van der Waals surface area contributed by atoms with E-state index in [2.05, 4.69) is 0 Å². The SMILES string of the molecule is O=C1/C(=C2\SC(c3ccccc3)=NN2c2ccccc2)SC(=Nc2ccccc2)N1c1ccccc1. The number of thioether (sulfide) groups is 2. The van der Waals surface area contributed by atoms with E-state index in [1.165, 1.54) is 23.5 Å². The van der Waals surface area contributed by atoms with Crippen LogP contribution in [0.1, 0.15) is 5.56 Å². The zero-order chi connectivity index (χ0) is 24.3. The third-order valence-electron chi connectivity index (χ3n) is 5.57. The molecule has 1 saturated heterocycles. The Balaban J connectivity index is 1.48. The molecular weight excluding hydrogens is 484 g/mol. The maximum Gasteiger partial charge on any atom is 0.274 e. The number of carbonyl (C=O) groups excluding carboxylic acids is 1. The van der Waals surface area contributed by atoms with Crippen molar-refractivity contribution in [2.45, 2.75) is 0 Å². The molecule has 0 saturated carbocycles. The van der Waals surface area contributed by atoms with E-state index in [1.54, 1.807) is 4.90 Å². The van der Waals surface area contributed by atoms with Gasteiger partial charge in [0.2, 0.25) is 0 Å². The van der Waals surface area contributed by atoms with Crippen molar-refractivity contribution in [2.24, 2.45) is 10.1 Å². The predicted molar refractivity (Wildman–Crippen MR) is 152 cm³/mol. The molecule has 36 heavy (non-hydrogen) atoms. The first-order valence-electron chi connectivity index (χ1n) is 11.4. The monoisotopic (exact) mass is 504 g/mol. The van der Waals surface area contributed by atoms with Crippen molar-refractivity contribution in [1.29, 1.82) is 0 Å². The molecule has 2 heterocycles. The van der Waals surface area contributed by atoms with Crippen LogP contribution in [0.4, 0.5) is 17.1 Å². The fraction of sp³-hybridized carbons (Fsp3) is 0. The number of hydrogen-bond acceptors (Lipinski definition) is 6. The van der Waals surface area contributed by atoms with Gasteiger partial charge >= 0.3 is 0 Å². The summed E-state index contributed by atoms with van der Waals surface area (Å²) in [5, 5.41) is 9.02. The van der Waals surface area contributed by atoms with E-state index in [4.69, 9.17) is 10.1 Å². The standard InChI is InChI=1S/C29H20N4OS2/c34-27-25(35-29(30-22-15-7-2-8-16-22)32(27)23-17-9-3-10-18-23)28-33(24-19-11-4-12-20-24)31-26(36-28)21-13-5-1-6-14-21/h1-20H/b28-25+,30-29?. The van der Waals surface area contributed by atoms with Gasteiger partial charge in [-0.1, -0.05) is 84.9 Å². The quantitative estimate of drug-likeness (QED) is 0.275. The summed E-state index contributed by atoms with van der Waals surface area (Å²) in [5.74, 6) is -0.117. The van der Waals surface area contributed by atoms with E-state index in [0.29, 0.717) is 10.1 Å². The van der Waals surface area contributed by atoms with Crippen LogP contribution in [0.3, 0.4) is 0 Å². The highest BCUT2D eigenvalue weighted by Crippen LogP contribution is 2.46. The Morgan fingerprint density at radius 1 is 0.639 bits per heavy atom. The molecule has 0 aliphatic carbocycles. The van der Waals surface area contributed by atoms with Gasteiger partial charge in [-0.2, -0.15) is 5.10 Å². The molecule has 0 N–H and O–H groups in total. The van der Waals surface area contributed by atoms with Crippen LogP contribution in [0, 0.1) is 0 Å². The molecule has 4 aromatic carbocycles. The highest BCUT2D eigenvalue weighted by Gasteiger charge is 2.40. The maximum atomic E-state index is 14.0. The summed E-state index contributed by atoms with van der Waals surface area (Å²) >= 11 is 2.89. The molecule has 5 nitrogen and oxygen atoms in total. The molecule has 174 valence electrons. The predicted octanol–water partition coefficient (Wildman–Crippen LogP) is 7.24. The number of aliphatic imine (C=N–C) groups is 1. The molecular formula is C29H20N4OS2. The van der Waals surface area contributed by atoms with E-state index in [0.717, 1.165) is 32.7 Å². The number of carbonyl (C=O) groups is 1. The summed E-state index contributed by atoms with van der Waals surface area (Å²) in [6, 6.07) is 39.3. The fourth-order valence-electron chi connectivity index (χ4n) is 3.87. The van der Waals surface area contributed by atoms with Crippen LogP contribution >= 0.6 is 23.5 Å². The molecule has 0 bridgehead atoms. The van der Waals surface area contributed by atoms with Crippen molar-refractivity contribution in [3.05, 3.63) is 137 Å². The third-order valence-corrected chi connectivity index (χ3v) is 7.81. The second kappa shape index (κ2) is 9.89. The lowest BCUT2D eigenvalue weighted by atomic mass is 10.2. The molecule has 0 radical (unpaired) electrons. The first kappa shape index (κ1) is 22.4. The van der Waals surface area contributed by atoms with Gasteiger partial charge < -0.3 is 0 Å². The number of rotatable bonds is 4. The summed E-state index contributed by atoms with van der Waals surface area (Å²) in [7, 11) is 0. The Hall–Kier alpha value is -4.07. The molecule has 4 aromatic rings. The Labute approximate surface area is 217 Å². The average Bonchev–Trinajstić information content (AvgIpc) is 3.52. The van der Waals surface area contributed by atoms with Crippen molar-refractivity contribution in [1.82, 2.24) is 0 Å². The normalized spacial score (nSPS) is 18.7. The lowest BCUT2D eigenvalue weighted by Gasteiger charge is -2.17. The molecule has 0 spiro atoms. The van der Waals surface area contributed by atoms with E-state index >= 15 is 0 Å². The van der Waals surface area contributed by atoms with E-state index in [9.17, 15) is 4.79 Å². The van der Waals surface area contributed by atoms with Gasteiger partial charge in [0.25, 0.3) is 5.91 Å². The first-order valence-corrected chi connectivity index (χ1v) is 13.0. The van der Waals surface area contributed by atoms with Crippen molar-refractivity contribution in [3.8, 4) is 0 Å². The number of hydrogen-bond donors (Lipinski definition) is 0. The fourth-order valence-corrected chi connectivity index (χ4v) is 6.06. The van der Waals surface area contributed by atoms with Gasteiger partial charge in [-0.15, -0.1) is 0 Å². The van der Waals surface area contributed by atoms with Crippen LogP contribution in [0.2, 0.25) is 0 Å². The van der Waals surface area contributed by atoms with Gasteiger partial charge in [0, 0.05) is 5.56 Å². The largest absolute Gasteiger partial charge is 0.274 e. The van der Waals surface area contributed by atoms with Crippen molar-refractivity contribution in [2.75, 3.05) is 9.91 Å². The minimum atomic E-state index is -0.117. The molecule has 2 aliphatic heterocycles. The zero-order valence-corrected chi connectivity index (χ0v) is 20.7. The van der Waals surface area contributed by atoms with Gasteiger partial charge in [-0.05, 0) is 59.9 Å². The number of benzene rings is 4. The van der Waals surface area contributed by atoms with Gasteiger partial charge in [-0.25, -0.2) is 10.0 Å². The summed E-state index contributed by atoms with van der Waals surface area (Å²) < 4.78 is 0.